The highest BCUT2D eigenvalue weighted by molar-refractivity contribution is 5.77. The molecule has 0 unspecified atom stereocenters. The lowest BCUT2D eigenvalue weighted by molar-refractivity contribution is 1.00. The zero-order valence-corrected chi connectivity index (χ0v) is 10.3. The van der Waals surface area contributed by atoms with Gasteiger partial charge in [-0.05, 0) is 62.4 Å². The predicted octanol–water partition coefficient (Wildman–Crippen LogP) is 3.43. The van der Waals surface area contributed by atoms with Gasteiger partial charge >= 0.3 is 0 Å². The van der Waals surface area contributed by atoms with Crippen LogP contribution in [0.4, 0.5) is 0 Å². The Labute approximate surface area is 99.6 Å². The molecule has 0 fully saturated rings. The number of rotatable bonds is 2. The third-order valence-electron chi connectivity index (χ3n) is 3.00. The van der Waals surface area contributed by atoms with E-state index in [2.05, 4.69) is 38.8 Å². The van der Waals surface area contributed by atoms with E-state index in [0.717, 1.165) is 0 Å². The molecule has 0 aliphatic heterocycles. The van der Waals surface area contributed by atoms with Gasteiger partial charge in [0.25, 0.3) is 0 Å². The largest absolute Gasteiger partial charge is 0.388 e. The molecule has 1 rings (SSSR count). The van der Waals surface area contributed by atoms with Crippen molar-refractivity contribution in [2.24, 2.45) is 10.7 Å². The molecule has 0 saturated heterocycles. The van der Waals surface area contributed by atoms with Crippen molar-refractivity contribution >= 4 is 5.84 Å². The third kappa shape index (κ3) is 3.09. The summed E-state index contributed by atoms with van der Waals surface area (Å²) in [7, 11) is 0. The Bertz CT molecular complexity index is 400. The van der Waals surface area contributed by atoms with E-state index in [0.29, 0.717) is 12.4 Å². The van der Waals surface area contributed by atoms with Crippen molar-refractivity contribution in [2.75, 3.05) is 0 Å². The SMILES string of the molecule is C.CC(N)=NCc1c(C)cc(C)c(C)c1C. The van der Waals surface area contributed by atoms with E-state index in [4.69, 9.17) is 5.73 Å². The second kappa shape index (κ2) is 5.69. The van der Waals surface area contributed by atoms with Crippen molar-refractivity contribution in [3.63, 3.8) is 0 Å². The number of hydrogen-bond donors (Lipinski definition) is 1. The zero-order chi connectivity index (χ0) is 11.6. The van der Waals surface area contributed by atoms with Crippen LogP contribution in [0.2, 0.25) is 0 Å². The van der Waals surface area contributed by atoms with Gasteiger partial charge in [0.1, 0.15) is 0 Å². The smallest absolute Gasteiger partial charge is 0.0909 e. The first-order chi connectivity index (χ1) is 6.93. The van der Waals surface area contributed by atoms with Gasteiger partial charge in [0.05, 0.1) is 12.4 Å². The highest BCUT2D eigenvalue weighted by Gasteiger charge is 2.06. The second-order valence-electron chi connectivity index (χ2n) is 4.20. The van der Waals surface area contributed by atoms with Gasteiger partial charge in [-0.1, -0.05) is 13.5 Å². The van der Waals surface area contributed by atoms with Gasteiger partial charge in [-0.25, -0.2) is 0 Å². The number of amidine groups is 1. The molecule has 1 aromatic carbocycles. The van der Waals surface area contributed by atoms with Crippen molar-refractivity contribution < 1.29 is 0 Å². The van der Waals surface area contributed by atoms with Crippen LogP contribution in [0.1, 0.15) is 42.2 Å². The quantitative estimate of drug-likeness (QED) is 0.602. The molecule has 2 heteroatoms. The summed E-state index contributed by atoms with van der Waals surface area (Å²) in [5, 5.41) is 0. The van der Waals surface area contributed by atoms with E-state index < -0.39 is 0 Å². The Hall–Kier alpha value is -1.31. The summed E-state index contributed by atoms with van der Waals surface area (Å²) in [4.78, 5) is 4.28. The first-order valence-corrected chi connectivity index (χ1v) is 5.26. The summed E-state index contributed by atoms with van der Waals surface area (Å²) >= 11 is 0. The van der Waals surface area contributed by atoms with Crippen LogP contribution in [-0.2, 0) is 6.54 Å². The number of aliphatic imine (C=N–C) groups is 1. The summed E-state index contributed by atoms with van der Waals surface area (Å²) in [5.74, 6) is 0.645. The summed E-state index contributed by atoms with van der Waals surface area (Å²) < 4.78 is 0. The topological polar surface area (TPSA) is 38.4 Å². The first-order valence-electron chi connectivity index (χ1n) is 5.26. The van der Waals surface area contributed by atoms with Crippen molar-refractivity contribution in [3.8, 4) is 0 Å². The standard InChI is InChI=1S/C13H20N2.CH4/c1-8-6-9(2)13(7-15-12(5)14)11(4)10(8)3;/h6H,7H2,1-5H3,(H2,14,15);1H4. The van der Waals surface area contributed by atoms with E-state index in [1.807, 2.05) is 6.92 Å². The van der Waals surface area contributed by atoms with Gasteiger partial charge < -0.3 is 5.73 Å². The van der Waals surface area contributed by atoms with Crippen LogP contribution in [0, 0.1) is 27.7 Å². The lowest BCUT2D eigenvalue weighted by Gasteiger charge is -2.13. The molecule has 2 nitrogen and oxygen atoms in total. The summed E-state index contributed by atoms with van der Waals surface area (Å²) in [5.41, 5.74) is 12.2. The van der Waals surface area contributed by atoms with Gasteiger partial charge in [0, 0.05) is 0 Å². The molecular formula is C14H24N2. The summed E-state index contributed by atoms with van der Waals surface area (Å²) in [6, 6.07) is 2.22. The Morgan fingerprint density at radius 2 is 1.69 bits per heavy atom. The minimum Gasteiger partial charge on any atom is -0.388 e. The Kier molecular flexibility index (Phi) is 5.22. The molecule has 90 valence electrons. The zero-order valence-electron chi connectivity index (χ0n) is 10.3. The maximum atomic E-state index is 5.56. The highest BCUT2D eigenvalue weighted by Crippen LogP contribution is 2.22. The van der Waals surface area contributed by atoms with Gasteiger partial charge in [-0.3, -0.25) is 4.99 Å². The Morgan fingerprint density at radius 3 is 2.19 bits per heavy atom. The summed E-state index contributed by atoms with van der Waals surface area (Å²) in [6.07, 6.45) is 0. The van der Waals surface area contributed by atoms with Gasteiger partial charge in [-0.15, -0.1) is 0 Å². The molecule has 0 radical (unpaired) electrons. The van der Waals surface area contributed by atoms with Crippen LogP contribution in [0.15, 0.2) is 11.1 Å². The first kappa shape index (κ1) is 14.7. The van der Waals surface area contributed by atoms with Crippen LogP contribution in [0.25, 0.3) is 0 Å². The van der Waals surface area contributed by atoms with Crippen molar-refractivity contribution in [3.05, 3.63) is 33.9 Å². The van der Waals surface area contributed by atoms with Crippen LogP contribution in [-0.4, -0.2) is 5.84 Å². The lowest BCUT2D eigenvalue weighted by atomic mass is 9.94. The molecule has 16 heavy (non-hydrogen) atoms. The van der Waals surface area contributed by atoms with E-state index in [1.54, 1.807) is 0 Å². The normalized spacial score (nSPS) is 11.2. The van der Waals surface area contributed by atoms with Crippen LogP contribution >= 0.6 is 0 Å². The molecular weight excluding hydrogens is 196 g/mol. The summed E-state index contributed by atoms with van der Waals surface area (Å²) in [6.45, 7) is 11.1. The molecule has 0 aliphatic rings. The molecule has 1 aromatic rings. The molecule has 2 N–H and O–H groups in total. The molecule has 0 aliphatic carbocycles. The third-order valence-corrected chi connectivity index (χ3v) is 3.00. The van der Waals surface area contributed by atoms with Crippen molar-refractivity contribution in [1.29, 1.82) is 0 Å². The molecule has 0 aromatic heterocycles. The maximum Gasteiger partial charge on any atom is 0.0909 e. The minimum absolute atomic E-state index is 0. The lowest BCUT2D eigenvalue weighted by Crippen LogP contribution is -2.06. The average molecular weight is 220 g/mol. The van der Waals surface area contributed by atoms with Crippen LogP contribution in [0.5, 0.6) is 0 Å². The monoisotopic (exact) mass is 220 g/mol. The Morgan fingerprint density at radius 1 is 1.12 bits per heavy atom. The van der Waals surface area contributed by atoms with E-state index >= 15 is 0 Å². The van der Waals surface area contributed by atoms with Gasteiger partial charge in [0.2, 0.25) is 0 Å². The minimum atomic E-state index is 0. The maximum absolute atomic E-state index is 5.56. The van der Waals surface area contributed by atoms with Gasteiger partial charge in [0.15, 0.2) is 0 Å². The average Bonchev–Trinajstić information content (AvgIpc) is 2.14. The predicted molar refractivity (Wildman–Crippen MR) is 73.1 cm³/mol. The second-order valence-corrected chi connectivity index (χ2v) is 4.20. The molecule has 0 bridgehead atoms. The fraction of sp³-hybridized carbons (Fsp3) is 0.500. The molecule has 0 atom stereocenters. The van der Waals surface area contributed by atoms with Crippen LogP contribution in [0.3, 0.4) is 0 Å². The number of hydrogen-bond acceptors (Lipinski definition) is 1. The number of benzene rings is 1. The highest BCUT2D eigenvalue weighted by atomic mass is 14.8. The molecule has 0 spiro atoms. The van der Waals surface area contributed by atoms with E-state index in [-0.39, 0.29) is 7.43 Å². The number of nitrogens with zero attached hydrogens (tertiary/aromatic N) is 1. The molecule has 0 heterocycles. The molecule has 0 amide bonds. The fourth-order valence-corrected chi connectivity index (χ4v) is 1.79. The number of aryl methyl sites for hydroxylation is 2. The van der Waals surface area contributed by atoms with E-state index in [9.17, 15) is 0 Å². The fourth-order valence-electron chi connectivity index (χ4n) is 1.79. The van der Waals surface area contributed by atoms with Crippen molar-refractivity contribution in [1.82, 2.24) is 0 Å². The Balaban J connectivity index is 0.00000225. The van der Waals surface area contributed by atoms with Gasteiger partial charge in [-0.2, -0.15) is 0 Å². The van der Waals surface area contributed by atoms with Crippen molar-refractivity contribution in [2.45, 2.75) is 48.6 Å². The van der Waals surface area contributed by atoms with Crippen LogP contribution < -0.4 is 5.73 Å². The van der Waals surface area contributed by atoms with E-state index in [1.165, 1.54) is 27.8 Å². The number of nitrogens with two attached hydrogens (primary N) is 1. The molecule has 0 saturated carbocycles.